The van der Waals surface area contributed by atoms with Crippen LogP contribution in [0.3, 0.4) is 0 Å². The van der Waals surface area contributed by atoms with Gasteiger partial charge in [0.15, 0.2) is 6.29 Å². The van der Waals surface area contributed by atoms with E-state index >= 15 is 0 Å². The number of ether oxygens (including phenoxy) is 3. The van der Waals surface area contributed by atoms with Crippen LogP contribution in [0.2, 0.25) is 10.0 Å². The molecule has 0 aliphatic carbocycles. The van der Waals surface area contributed by atoms with Gasteiger partial charge in [0, 0.05) is 27.6 Å². The van der Waals surface area contributed by atoms with Crippen LogP contribution in [0.5, 0.6) is 0 Å². The van der Waals surface area contributed by atoms with Crippen LogP contribution in [0.4, 0.5) is 0 Å². The second-order valence-electron chi connectivity index (χ2n) is 7.28. The van der Waals surface area contributed by atoms with E-state index in [1.807, 2.05) is 66.7 Å². The number of halogens is 2. The number of benzene rings is 3. The summed E-state index contributed by atoms with van der Waals surface area (Å²) in [4.78, 5) is 13.4. The molecule has 1 heterocycles. The van der Waals surface area contributed by atoms with Crippen LogP contribution in [0.1, 0.15) is 36.0 Å². The van der Waals surface area contributed by atoms with E-state index in [1.54, 1.807) is 19.1 Å². The molecular formula is C25H22Cl2O4. The predicted molar refractivity (Wildman–Crippen MR) is 120 cm³/mol. The summed E-state index contributed by atoms with van der Waals surface area (Å²) in [6.07, 6.45) is -1.39. The van der Waals surface area contributed by atoms with Crippen LogP contribution in [-0.2, 0) is 25.4 Å². The number of esters is 1. The summed E-state index contributed by atoms with van der Waals surface area (Å²) in [6.45, 7) is 1.98. The van der Waals surface area contributed by atoms with Crippen molar-refractivity contribution >= 4 is 29.2 Å². The highest BCUT2D eigenvalue weighted by molar-refractivity contribution is 6.31. The van der Waals surface area contributed by atoms with Crippen molar-refractivity contribution in [2.75, 3.05) is 6.61 Å². The minimum Gasteiger partial charge on any atom is -0.464 e. The van der Waals surface area contributed by atoms with Crippen molar-refractivity contribution in [3.8, 4) is 0 Å². The molecule has 1 aliphatic rings. The van der Waals surface area contributed by atoms with Crippen molar-refractivity contribution < 1.29 is 19.0 Å². The molecule has 0 spiro atoms. The molecule has 0 saturated carbocycles. The van der Waals surface area contributed by atoms with Gasteiger partial charge in [0.25, 0.3) is 0 Å². The lowest BCUT2D eigenvalue weighted by molar-refractivity contribution is -0.173. The Labute approximate surface area is 191 Å². The fourth-order valence-corrected chi connectivity index (χ4v) is 4.30. The van der Waals surface area contributed by atoms with Gasteiger partial charge in [-0.15, -0.1) is 0 Å². The highest BCUT2D eigenvalue weighted by Gasteiger charge is 2.58. The SMILES string of the molecule is CCOC(=O)[C@@]1(Cc2ccccc2)O[C@@H](c2ccccc2Cl)O[C@H]1c1ccccc1Cl. The van der Waals surface area contributed by atoms with Crippen LogP contribution < -0.4 is 0 Å². The molecule has 4 nitrogen and oxygen atoms in total. The first-order chi connectivity index (χ1) is 15.0. The molecule has 31 heavy (non-hydrogen) atoms. The Bertz CT molecular complexity index is 1060. The van der Waals surface area contributed by atoms with E-state index in [0.717, 1.165) is 5.56 Å². The Balaban J connectivity index is 1.85. The fraction of sp³-hybridized carbons (Fsp3) is 0.240. The van der Waals surface area contributed by atoms with Crippen LogP contribution in [-0.4, -0.2) is 18.2 Å². The summed E-state index contributed by atoms with van der Waals surface area (Å²) in [6, 6.07) is 24.2. The third-order valence-corrected chi connectivity index (χ3v) is 5.97. The number of carbonyl (C=O) groups is 1. The molecule has 0 radical (unpaired) electrons. The Morgan fingerprint density at radius 3 is 2.10 bits per heavy atom. The zero-order valence-electron chi connectivity index (χ0n) is 17.0. The van der Waals surface area contributed by atoms with Crippen molar-refractivity contribution in [3.05, 3.63) is 106 Å². The molecule has 1 saturated heterocycles. The number of hydrogen-bond acceptors (Lipinski definition) is 4. The van der Waals surface area contributed by atoms with Crippen LogP contribution in [0.25, 0.3) is 0 Å². The minimum absolute atomic E-state index is 0.213. The maximum Gasteiger partial charge on any atom is 0.342 e. The first-order valence-corrected chi connectivity index (χ1v) is 10.8. The fourth-order valence-electron chi connectivity index (χ4n) is 3.84. The number of rotatable bonds is 6. The summed E-state index contributed by atoms with van der Waals surface area (Å²) in [7, 11) is 0. The summed E-state index contributed by atoms with van der Waals surface area (Å²) < 4.78 is 18.3. The van der Waals surface area contributed by atoms with Gasteiger partial charge in [-0.1, -0.05) is 89.9 Å². The van der Waals surface area contributed by atoms with E-state index in [1.165, 1.54) is 0 Å². The highest BCUT2D eigenvalue weighted by Crippen LogP contribution is 2.51. The van der Waals surface area contributed by atoms with Gasteiger partial charge in [0.2, 0.25) is 5.60 Å². The lowest BCUT2D eigenvalue weighted by atomic mass is 9.85. The standard InChI is InChI=1S/C25H22Cl2O4/c1-2-29-24(28)25(16-17-10-4-3-5-11-17)22(18-12-6-8-14-20(18)26)30-23(31-25)19-13-7-9-15-21(19)27/h3-15,22-23H,2,16H2,1H3/t22-,23-,25-/m0/s1. The largest absolute Gasteiger partial charge is 0.464 e. The molecule has 0 aromatic heterocycles. The molecule has 3 aromatic carbocycles. The van der Waals surface area contributed by atoms with Crippen molar-refractivity contribution in [1.82, 2.24) is 0 Å². The van der Waals surface area contributed by atoms with Crippen LogP contribution in [0, 0.1) is 0 Å². The summed E-state index contributed by atoms with van der Waals surface area (Å²) in [5, 5.41) is 0.974. The molecule has 1 fully saturated rings. The Morgan fingerprint density at radius 2 is 1.48 bits per heavy atom. The average molecular weight is 457 g/mol. The van der Waals surface area contributed by atoms with E-state index in [4.69, 9.17) is 37.4 Å². The topological polar surface area (TPSA) is 44.8 Å². The van der Waals surface area contributed by atoms with E-state index in [0.29, 0.717) is 21.2 Å². The number of hydrogen-bond donors (Lipinski definition) is 0. The van der Waals surface area contributed by atoms with E-state index in [9.17, 15) is 4.79 Å². The van der Waals surface area contributed by atoms with Crippen molar-refractivity contribution in [2.24, 2.45) is 0 Å². The highest BCUT2D eigenvalue weighted by atomic mass is 35.5. The van der Waals surface area contributed by atoms with Gasteiger partial charge in [0.05, 0.1) is 6.61 Å². The predicted octanol–water partition coefficient (Wildman–Crippen LogP) is 6.32. The van der Waals surface area contributed by atoms with Gasteiger partial charge in [0.1, 0.15) is 6.10 Å². The molecule has 6 heteroatoms. The lowest BCUT2D eigenvalue weighted by Gasteiger charge is -2.31. The Hall–Kier alpha value is -2.37. The van der Waals surface area contributed by atoms with Gasteiger partial charge >= 0.3 is 5.97 Å². The molecule has 160 valence electrons. The maximum atomic E-state index is 13.4. The summed E-state index contributed by atoms with van der Waals surface area (Å²) in [5.41, 5.74) is 0.769. The molecule has 1 aliphatic heterocycles. The molecule has 3 atom stereocenters. The molecule has 3 aromatic rings. The Kier molecular flexibility index (Phi) is 6.63. The molecule has 0 N–H and O–H groups in total. The van der Waals surface area contributed by atoms with E-state index in [2.05, 4.69) is 0 Å². The zero-order valence-corrected chi connectivity index (χ0v) is 18.5. The van der Waals surface area contributed by atoms with Crippen molar-refractivity contribution in [1.29, 1.82) is 0 Å². The second-order valence-corrected chi connectivity index (χ2v) is 8.10. The zero-order chi connectivity index (χ0) is 21.8. The molecule has 0 amide bonds. The molecule has 4 rings (SSSR count). The van der Waals surface area contributed by atoms with Gasteiger partial charge < -0.3 is 14.2 Å². The van der Waals surface area contributed by atoms with Gasteiger partial charge in [-0.05, 0) is 24.6 Å². The third-order valence-electron chi connectivity index (χ3n) is 5.28. The minimum atomic E-state index is -1.44. The summed E-state index contributed by atoms with van der Waals surface area (Å²) >= 11 is 12.9. The maximum absolute atomic E-state index is 13.4. The molecular weight excluding hydrogens is 435 g/mol. The Morgan fingerprint density at radius 1 is 0.903 bits per heavy atom. The van der Waals surface area contributed by atoms with E-state index in [-0.39, 0.29) is 13.0 Å². The van der Waals surface area contributed by atoms with Gasteiger partial charge in [-0.3, -0.25) is 0 Å². The van der Waals surface area contributed by atoms with Crippen molar-refractivity contribution in [3.63, 3.8) is 0 Å². The smallest absolute Gasteiger partial charge is 0.342 e. The first-order valence-electron chi connectivity index (χ1n) is 10.1. The van der Waals surface area contributed by atoms with E-state index < -0.39 is 24.0 Å². The summed E-state index contributed by atoms with van der Waals surface area (Å²) in [5.74, 6) is -0.502. The van der Waals surface area contributed by atoms with Gasteiger partial charge in [-0.25, -0.2) is 4.79 Å². The third kappa shape index (κ3) is 4.35. The molecule has 0 unspecified atom stereocenters. The second kappa shape index (κ2) is 9.41. The lowest BCUT2D eigenvalue weighted by Crippen LogP contribution is -2.46. The first kappa shape index (κ1) is 21.8. The quantitative estimate of drug-likeness (QED) is 0.406. The van der Waals surface area contributed by atoms with Gasteiger partial charge in [-0.2, -0.15) is 0 Å². The monoisotopic (exact) mass is 456 g/mol. The number of carbonyl (C=O) groups excluding carboxylic acids is 1. The van der Waals surface area contributed by atoms with Crippen LogP contribution in [0.15, 0.2) is 78.9 Å². The van der Waals surface area contributed by atoms with Crippen molar-refractivity contribution in [2.45, 2.75) is 31.3 Å². The molecule has 0 bridgehead atoms. The average Bonchev–Trinajstić information content (AvgIpc) is 3.15. The van der Waals surface area contributed by atoms with Crippen LogP contribution >= 0.6 is 23.2 Å². The normalized spacial score (nSPS) is 22.9.